The number of thiazole rings is 1. The van der Waals surface area contributed by atoms with E-state index in [4.69, 9.17) is 21.4 Å². The minimum atomic E-state index is 0.479. The summed E-state index contributed by atoms with van der Waals surface area (Å²) >= 11 is 7.97. The molecule has 0 amide bonds. The molecule has 0 saturated carbocycles. The van der Waals surface area contributed by atoms with Crippen molar-refractivity contribution in [3.63, 3.8) is 0 Å². The third-order valence-corrected chi connectivity index (χ3v) is 6.58. The Hall–Kier alpha value is -3.92. The number of hydrogen-bond donors (Lipinski definition) is 0. The van der Waals surface area contributed by atoms with Gasteiger partial charge in [0.05, 0.1) is 33.1 Å². The second-order valence-electron chi connectivity index (χ2n) is 7.45. The van der Waals surface area contributed by atoms with E-state index in [1.807, 2.05) is 92.0 Å². The number of nitriles is 1. The Labute approximate surface area is 206 Å². The molecule has 0 aliphatic rings. The lowest BCUT2D eigenvalue weighted by atomic mass is 10.1. The van der Waals surface area contributed by atoms with E-state index >= 15 is 0 Å². The molecule has 0 saturated heterocycles. The summed E-state index contributed by atoms with van der Waals surface area (Å²) in [7, 11) is 0. The van der Waals surface area contributed by atoms with E-state index in [1.54, 1.807) is 4.68 Å². The molecule has 2 heterocycles. The first kappa shape index (κ1) is 21.9. The molecular formula is C27H19ClN4OS. The monoisotopic (exact) mass is 482 g/mol. The quantitative estimate of drug-likeness (QED) is 0.239. The van der Waals surface area contributed by atoms with Crippen LogP contribution >= 0.6 is 22.9 Å². The highest BCUT2D eigenvalue weighted by atomic mass is 35.5. The summed E-state index contributed by atoms with van der Waals surface area (Å²) in [5, 5.41) is 16.0. The number of rotatable bonds is 6. The number of fused-ring (bicyclic) bond motifs is 1. The highest BCUT2D eigenvalue weighted by Gasteiger charge is 2.16. The SMILES string of the molecule is CCOc1ccc(-c2nn(-c3ccccc3)cc2C=C(C#N)c2nc3ccccc3s2)cc1Cl. The molecule has 0 bridgehead atoms. The number of hydrogen-bond acceptors (Lipinski definition) is 5. The van der Waals surface area contributed by atoms with Crippen molar-refractivity contribution in [2.75, 3.05) is 6.61 Å². The zero-order chi connectivity index (χ0) is 23.5. The Morgan fingerprint density at radius 1 is 1.12 bits per heavy atom. The Balaban J connectivity index is 1.65. The predicted octanol–water partition coefficient (Wildman–Crippen LogP) is 7.27. The van der Waals surface area contributed by atoms with Gasteiger partial charge in [-0.3, -0.25) is 0 Å². The highest BCUT2D eigenvalue weighted by Crippen LogP contribution is 2.34. The molecular weight excluding hydrogens is 464 g/mol. The van der Waals surface area contributed by atoms with Crippen LogP contribution in [0, 0.1) is 11.3 Å². The Kier molecular flexibility index (Phi) is 6.13. The lowest BCUT2D eigenvalue weighted by Gasteiger charge is -2.07. The molecule has 166 valence electrons. The van der Waals surface area contributed by atoms with Gasteiger partial charge in [-0.1, -0.05) is 41.9 Å². The number of ether oxygens (including phenoxy) is 1. The van der Waals surface area contributed by atoms with Crippen LogP contribution in [0.4, 0.5) is 0 Å². The van der Waals surface area contributed by atoms with E-state index in [2.05, 4.69) is 11.1 Å². The molecule has 0 aliphatic carbocycles. The molecule has 2 aromatic heterocycles. The zero-order valence-electron chi connectivity index (χ0n) is 18.3. The van der Waals surface area contributed by atoms with Crippen LogP contribution in [0.25, 0.3) is 38.8 Å². The van der Waals surface area contributed by atoms with Crippen LogP contribution in [0.5, 0.6) is 5.75 Å². The van der Waals surface area contributed by atoms with Crippen molar-refractivity contribution in [3.8, 4) is 28.8 Å². The smallest absolute Gasteiger partial charge is 0.137 e. The second kappa shape index (κ2) is 9.52. The number of aromatic nitrogens is 3. The van der Waals surface area contributed by atoms with Crippen molar-refractivity contribution in [2.45, 2.75) is 6.92 Å². The van der Waals surface area contributed by atoms with Crippen LogP contribution in [0.3, 0.4) is 0 Å². The van der Waals surface area contributed by atoms with Crippen molar-refractivity contribution < 1.29 is 4.74 Å². The average Bonchev–Trinajstić information content (AvgIpc) is 3.49. The van der Waals surface area contributed by atoms with Gasteiger partial charge in [0.15, 0.2) is 0 Å². The molecule has 3 aromatic carbocycles. The van der Waals surface area contributed by atoms with Crippen molar-refractivity contribution in [1.29, 1.82) is 5.26 Å². The third kappa shape index (κ3) is 4.32. The molecule has 5 aromatic rings. The van der Waals surface area contributed by atoms with Crippen LogP contribution in [0.1, 0.15) is 17.5 Å². The summed E-state index contributed by atoms with van der Waals surface area (Å²) in [6.45, 7) is 2.45. The van der Waals surface area contributed by atoms with Crippen LogP contribution in [0.15, 0.2) is 79.0 Å². The summed E-state index contributed by atoms with van der Waals surface area (Å²) in [6.07, 6.45) is 3.75. The van der Waals surface area contributed by atoms with Gasteiger partial charge in [0.1, 0.15) is 22.5 Å². The van der Waals surface area contributed by atoms with Gasteiger partial charge in [-0.2, -0.15) is 10.4 Å². The molecule has 0 fully saturated rings. The topological polar surface area (TPSA) is 63.7 Å². The number of nitrogens with zero attached hydrogens (tertiary/aromatic N) is 4. The van der Waals surface area contributed by atoms with E-state index in [-0.39, 0.29) is 0 Å². The summed E-state index contributed by atoms with van der Waals surface area (Å²) < 4.78 is 8.42. The molecule has 0 N–H and O–H groups in total. The van der Waals surface area contributed by atoms with Crippen LogP contribution in [0.2, 0.25) is 5.02 Å². The minimum Gasteiger partial charge on any atom is -0.492 e. The standard InChI is InChI=1S/C27H19ClN4OS/c1-2-33-24-13-12-18(15-22(24)28)26-20(17-32(31-26)21-8-4-3-5-9-21)14-19(16-29)27-30-23-10-6-7-11-25(23)34-27/h3-15,17H,2H2,1H3. The number of halogens is 1. The van der Waals surface area contributed by atoms with Gasteiger partial charge >= 0.3 is 0 Å². The van der Waals surface area contributed by atoms with Crippen LogP contribution < -0.4 is 4.74 Å². The lowest BCUT2D eigenvalue weighted by molar-refractivity contribution is 0.340. The van der Waals surface area contributed by atoms with Crippen LogP contribution in [-0.4, -0.2) is 21.4 Å². The van der Waals surface area contributed by atoms with E-state index in [0.717, 1.165) is 27.0 Å². The first-order valence-electron chi connectivity index (χ1n) is 10.7. The summed E-state index contributed by atoms with van der Waals surface area (Å²) in [5.41, 5.74) is 4.60. The van der Waals surface area contributed by atoms with Gasteiger partial charge in [0, 0.05) is 17.3 Å². The van der Waals surface area contributed by atoms with Crippen LogP contribution in [-0.2, 0) is 0 Å². The highest BCUT2D eigenvalue weighted by molar-refractivity contribution is 7.19. The van der Waals surface area contributed by atoms with E-state index in [0.29, 0.717) is 33.7 Å². The third-order valence-electron chi connectivity index (χ3n) is 5.21. The maximum absolute atomic E-state index is 9.97. The Morgan fingerprint density at radius 2 is 1.91 bits per heavy atom. The fourth-order valence-electron chi connectivity index (χ4n) is 3.64. The minimum absolute atomic E-state index is 0.479. The number of benzene rings is 3. The fraction of sp³-hybridized carbons (Fsp3) is 0.0741. The molecule has 5 nitrogen and oxygen atoms in total. The van der Waals surface area contributed by atoms with Gasteiger partial charge in [-0.25, -0.2) is 9.67 Å². The summed E-state index contributed by atoms with van der Waals surface area (Å²) in [6, 6.07) is 25.6. The molecule has 0 atom stereocenters. The van der Waals surface area contributed by atoms with Crippen molar-refractivity contribution in [2.24, 2.45) is 0 Å². The Morgan fingerprint density at radius 3 is 2.65 bits per heavy atom. The summed E-state index contributed by atoms with van der Waals surface area (Å²) in [5.74, 6) is 0.625. The molecule has 0 radical (unpaired) electrons. The molecule has 0 aliphatic heterocycles. The Bertz CT molecular complexity index is 1510. The maximum atomic E-state index is 9.97. The fourth-order valence-corrected chi connectivity index (χ4v) is 4.80. The average molecular weight is 483 g/mol. The van der Waals surface area contributed by atoms with Gasteiger partial charge < -0.3 is 4.74 Å². The molecule has 5 rings (SSSR count). The van der Waals surface area contributed by atoms with Crippen molar-refractivity contribution >= 4 is 44.8 Å². The summed E-state index contributed by atoms with van der Waals surface area (Å²) in [4.78, 5) is 4.66. The predicted molar refractivity (Wildman–Crippen MR) is 138 cm³/mol. The number of allylic oxidation sites excluding steroid dienone is 1. The lowest BCUT2D eigenvalue weighted by Crippen LogP contribution is -1.95. The van der Waals surface area contributed by atoms with Crippen molar-refractivity contribution in [1.82, 2.24) is 14.8 Å². The molecule has 0 spiro atoms. The first-order valence-corrected chi connectivity index (χ1v) is 11.9. The largest absolute Gasteiger partial charge is 0.492 e. The molecule has 0 unspecified atom stereocenters. The molecule has 34 heavy (non-hydrogen) atoms. The number of para-hydroxylation sites is 2. The second-order valence-corrected chi connectivity index (χ2v) is 8.89. The van der Waals surface area contributed by atoms with E-state index < -0.39 is 0 Å². The van der Waals surface area contributed by atoms with Gasteiger partial charge in [-0.15, -0.1) is 11.3 Å². The zero-order valence-corrected chi connectivity index (χ0v) is 19.8. The van der Waals surface area contributed by atoms with E-state index in [9.17, 15) is 5.26 Å². The maximum Gasteiger partial charge on any atom is 0.137 e. The van der Waals surface area contributed by atoms with Gasteiger partial charge in [0.25, 0.3) is 0 Å². The van der Waals surface area contributed by atoms with E-state index in [1.165, 1.54) is 11.3 Å². The first-order chi connectivity index (χ1) is 16.7. The van der Waals surface area contributed by atoms with Gasteiger partial charge in [-0.05, 0) is 55.5 Å². The van der Waals surface area contributed by atoms with Crippen molar-refractivity contribution in [3.05, 3.63) is 94.6 Å². The molecule has 7 heteroatoms. The normalized spacial score (nSPS) is 11.5. The van der Waals surface area contributed by atoms with Gasteiger partial charge in [0.2, 0.25) is 0 Å².